The van der Waals surface area contributed by atoms with E-state index in [4.69, 9.17) is 4.74 Å². The molecular weight excluding hydrogens is 461 g/mol. The van der Waals surface area contributed by atoms with Gasteiger partial charge in [0.15, 0.2) is 0 Å². The monoisotopic (exact) mass is 489 g/mol. The Morgan fingerprint density at radius 2 is 1.50 bits per heavy atom. The van der Waals surface area contributed by atoms with Gasteiger partial charge in [-0.05, 0) is 46.5 Å². The molecule has 12 heteroatoms. The second-order valence-corrected chi connectivity index (χ2v) is 9.55. The molecule has 0 aromatic heterocycles. The summed E-state index contributed by atoms with van der Waals surface area (Å²) in [5.41, 5.74) is -0.699. The summed E-state index contributed by atoms with van der Waals surface area (Å²) in [4.78, 5) is 13.7. The highest BCUT2D eigenvalue weighted by Crippen LogP contribution is 2.30. The van der Waals surface area contributed by atoms with Crippen molar-refractivity contribution in [1.29, 1.82) is 0 Å². The molecule has 0 saturated carbocycles. The lowest BCUT2D eigenvalue weighted by atomic mass is 10.1. The van der Waals surface area contributed by atoms with Crippen LogP contribution in [0.2, 0.25) is 0 Å². The lowest BCUT2D eigenvalue weighted by molar-refractivity contribution is 0.0220. The first kappa shape index (κ1) is 27.9. The third kappa shape index (κ3) is 7.21. The number of likely N-dealkylation sites (tertiary alicyclic amines) is 1. The molecule has 184 valence electrons. The van der Waals surface area contributed by atoms with Gasteiger partial charge >= 0.3 is 16.2 Å². The van der Waals surface area contributed by atoms with E-state index in [1.807, 2.05) is 13.8 Å². The van der Waals surface area contributed by atoms with E-state index in [1.54, 1.807) is 20.8 Å². The molecule has 1 atom stereocenters. The van der Waals surface area contributed by atoms with E-state index in [1.165, 1.54) is 4.90 Å². The Morgan fingerprint density at radius 1 is 1.00 bits per heavy atom. The largest absolute Gasteiger partial charge is 0.444 e. The van der Waals surface area contributed by atoms with Gasteiger partial charge in [0.25, 0.3) is 0 Å². The van der Waals surface area contributed by atoms with E-state index >= 15 is 0 Å². The maximum absolute atomic E-state index is 13.6. The van der Waals surface area contributed by atoms with Crippen LogP contribution < -0.4 is 4.18 Å². The van der Waals surface area contributed by atoms with E-state index in [0.717, 1.165) is 0 Å². The zero-order chi connectivity index (χ0) is 24.9. The Hall–Kier alpha value is -2.11. The molecular formula is C20H28F5NO5S. The second kappa shape index (κ2) is 11.2. The molecule has 1 heterocycles. The van der Waals surface area contributed by atoms with Crippen molar-refractivity contribution >= 4 is 16.2 Å². The van der Waals surface area contributed by atoms with Crippen molar-refractivity contribution in [2.45, 2.75) is 71.9 Å². The Balaban J connectivity index is 0.00000249. The van der Waals surface area contributed by atoms with Crippen LogP contribution in [0.3, 0.4) is 0 Å². The molecule has 1 aliphatic heterocycles. The summed E-state index contributed by atoms with van der Waals surface area (Å²) in [5, 5.41) is 0. The number of halogens is 5. The van der Waals surface area contributed by atoms with Crippen LogP contribution in [0.25, 0.3) is 0 Å². The fourth-order valence-electron chi connectivity index (χ4n) is 3.02. The van der Waals surface area contributed by atoms with Gasteiger partial charge in [0, 0.05) is 12.6 Å². The van der Waals surface area contributed by atoms with Gasteiger partial charge in [-0.25, -0.2) is 18.0 Å². The van der Waals surface area contributed by atoms with E-state index < -0.39 is 62.4 Å². The lowest BCUT2D eigenvalue weighted by Crippen LogP contribution is -2.40. The van der Waals surface area contributed by atoms with Crippen LogP contribution in [0, 0.1) is 29.1 Å². The maximum Gasteiger partial charge on any atom is 0.410 e. The minimum Gasteiger partial charge on any atom is -0.444 e. The summed E-state index contributed by atoms with van der Waals surface area (Å²) in [6.45, 7) is 9.56. The van der Waals surface area contributed by atoms with Gasteiger partial charge in [0.1, 0.15) is 5.60 Å². The molecule has 32 heavy (non-hydrogen) atoms. The predicted octanol–water partition coefficient (Wildman–Crippen LogP) is 5.30. The van der Waals surface area contributed by atoms with E-state index in [0.29, 0.717) is 19.4 Å². The predicted molar refractivity (Wildman–Crippen MR) is 107 cm³/mol. The standard InChI is InChI=1S/C18H22F5NO5S.C2H6/c1-18(2,3)28-17(25)24-8-4-6-10(24)7-5-9-30(26,27)29-16-14(22)12(20)11(19)13(21)15(16)23;1-2/h10H,4-9H2,1-3H3;1-2H3. The van der Waals surface area contributed by atoms with Gasteiger partial charge in [-0.15, -0.1) is 0 Å². The van der Waals surface area contributed by atoms with Crippen molar-refractivity contribution in [3.8, 4) is 5.75 Å². The molecule has 1 aromatic carbocycles. The number of rotatable bonds is 6. The van der Waals surface area contributed by atoms with Crippen LogP contribution in [0.5, 0.6) is 5.75 Å². The van der Waals surface area contributed by atoms with E-state index in [2.05, 4.69) is 4.18 Å². The molecule has 2 rings (SSSR count). The fraction of sp³-hybridized carbons (Fsp3) is 0.650. The van der Waals surface area contributed by atoms with Crippen molar-refractivity contribution in [2.24, 2.45) is 0 Å². The molecule has 0 radical (unpaired) electrons. The van der Waals surface area contributed by atoms with Crippen molar-refractivity contribution in [3.63, 3.8) is 0 Å². The van der Waals surface area contributed by atoms with Crippen molar-refractivity contribution in [2.75, 3.05) is 12.3 Å². The summed E-state index contributed by atoms with van der Waals surface area (Å²) in [6, 6.07) is -0.302. The minimum absolute atomic E-state index is 0.0678. The van der Waals surface area contributed by atoms with Gasteiger partial charge < -0.3 is 13.8 Å². The molecule has 1 fully saturated rings. The average Bonchev–Trinajstić information content (AvgIpc) is 3.17. The summed E-state index contributed by atoms with van der Waals surface area (Å²) in [7, 11) is -4.65. The summed E-state index contributed by atoms with van der Waals surface area (Å²) in [5.74, 6) is -14.4. The topological polar surface area (TPSA) is 72.9 Å². The highest BCUT2D eigenvalue weighted by atomic mass is 32.2. The highest BCUT2D eigenvalue weighted by Gasteiger charge is 2.33. The normalized spacial score (nSPS) is 16.4. The molecule has 1 saturated heterocycles. The van der Waals surface area contributed by atoms with Crippen LogP contribution in [-0.2, 0) is 14.9 Å². The first-order valence-electron chi connectivity index (χ1n) is 10.2. The SMILES string of the molecule is CC.CC(C)(C)OC(=O)N1CCCC1CCCS(=O)(=O)Oc1c(F)c(F)c(F)c(F)c1F. The first-order valence-corrected chi connectivity index (χ1v) is 11.7. The molecule has 0 N–H and O–H groups in total. The zero-order valence-corrected chi connectivity index (χ0v) is 19.4. The number of benzene rings is 1. The first-order chi connectivity index (χ1) is 14.7. The number of carbonyl (C=O) groups is 1. The Kier molecular flexibility index (Phi) is 9.73. The number of ether oxygens (including phenoxy) is 1. The Morgan fingerprint density at radius 3 is 2.00 bits per heavy atom. The molecule has 0 aliphatic carbocycles. The minimum atomic E-state index is -4.65. The third-order valence-corrected chi connectivity index (χ3v) is 5.53. The van der Waals surface area contributed by atoms with Gasteiger partial charge in [0.2, 0.25) is 34.8 Å². The number of hydrogen-bond donors (Lipinski definition) is 0. The van der Waals surface area contributed by atoms with Crippen molar-refractivity contribution < 1.29 is 44.1 Å². The van der Waals surface area contributed by atoms with Crippen molar-refractivity contribution in [3.05, 3.63) is 29.1 Å². The highest BCUT2D eigenvalue weighted by molar-refractivity contribution is 7.87. The number of hydrogen-bond acceptors (Lipinski definition) is 5. The molecule has 1 unspecified atom stereocenters. The van der Waals surface area contributed by atoms with Crippen LogP contribution in [0.1, 0.15) is 60.3 Å². The van der Waals surface area contributed by atoms with E-state index in [-0.39, 0.29) is 18.9 Å². The van der Waals surface area contributed by atoms with Crippen LogP contribution in [0.15, 0.2) is 0 Å². The molecule has 1 aromatic rings. The van der Waals surface area contributed by atoms with Crippen LogP contribution in [0.4, 0.5) is 26.7 Å². The van der Waals surface area contributed by atoms with Crippen molar-refractivity contribution in [1.82, 2.24) is 4.90 Å². The fourth-order valence-corrected chi connectivity index (χ4v) is 4.02. The van der Waals surface area contributed by atoms with Gasteiger partial charge in [-0.1, -0.05) is 13.8 Å². The summed E-state index contributed by atoms with van der Waals surface area (Å²) < 4.78 is 100. The second-order valence-electron chi connectivity index (χ2n) is 7.86. The quantitative estimate of drug-likeness (QED) is 0.235. The number of amides is 1. The molecule has 1 amide bonds. The number of nitrogens with zero attached hydrogens (tertiary/aromatic N) is 1. The Bertz CT molecular complexity index is 889. The van der Waals surface area contributed by atoms with E-state index in [9.17, 15) is 35.2 Å². The molecule has 0 spiro atoms. The molecule has 6 nitrogen and oxygen atoms in total. The van der Waals surface area contributed by atoms with Gasteiger partial charge in [-0.2, -0.15) is 17.2 Å². The average molecular weight is 490 g/mol. The summed E-state index contributed by atoms with van der Waals surface area (Å²) >= 11 is 0. The van der Waals surface area contributed by atoms with Crippen LogP contribution in [-0.4, -0.2) is 43.4 Å². The summed E-state index contributed by atoms with van der Waals surface area (Å²) in [6.07, 6.45) is 0.918. The zero-order valence-electron chi connectivity index (χ0n) is 18.6. The maximum atomic E-state index is 13.6. The number of carbonyl (C=O) groups excluding carboxylic acids is 1. The smallest absolute Gasteiger partial charge is 0.410 e. The lowest BCUT2D eigenvalue weighted by Gasteiger charge is -2.28. The third-order valence-electron chi connectivity index (χ3n) is 4.32. The van der Waals surface area contributed by atoms with Gasteiger partial charge in [-0.3, -0.25) is 0 Å². The molecule has 1 aliphatic rings. The van der Waals surface area contributed by atoms with Gasteiger partial charge in [0.05, 0.1) is 5.75 Å². The Labute approximate surface area is 184 Å². The van der Waals surface area contributed by atoms with Crippen LogP contribution >= 0.6 is 0 Å². The molecule has 0 bridgehead atoms.